The minimum atomic E-state index is 0.364. The van der Waals surface area contributed by atoms with Gasteiger partial charge in [-0.25, -0.2) is 0 Å². The normalized spacial score (nSPS) is 24.1. The summed E-state index contributed by atoms with van der Waals surface area (Å²) >= 11 is 7.88. The molecule has 0 bridgehead atoms. The third-order valence-corrected chi connectivity index (χ3v) is 5.07. The number of hydrogen-bond acceptors (Lipinski definition) is 2. The highest BCUT2D eigenvalue weighted by molar-refractivity contribution is 8.03. The van der Waals surface area contributed by atoms with Gasteiger partial charge in [-0.1, -0.05) is 23.7 Å². The molecular weight excluding hydrogens is 252 g/mol. The molecular formula is C14H13ClOS. The van der Waals surface area contributed by atoms with Crippen LogP contribution >= 0.6 is 23.4 Å². The molecule has 3 heteroatoms. The van der Waals surface area contributed by atoms with Gasteiger partial charge in [-0.2, -0.15) is 0 Å². The smallest absolute Gasteiger partial charge is 0.159 e. The summed E-state index contributed by atoms with van der Waals surface area (Å²) in [6.45, 7) is 0. The van der Waals surface area contributed by atoms with Crippen molar-refractivity contribution in [2.45, 2.75) is 30.9 Å². The average molecular weight is 265 g/mol. The van der Waals surface area contributed by atoms with Crippen molar-refractivity contribution in [1.29, 1.82) is 0 Å². The van der Waals surface area contributed by atoms with E-state index in [-0.39, 0.29) is 0 Å². The van der Waals surface area contributed by atoms with Crippen LogP contribution in [0.5, 0.6) is 0 Å². The van der Waals surface area contributed by atoms with Crippen molar-refractivity contribution < 1.29 is 4.79 Å². The molecule has 0 saturated carbocycles. The van der Waals surface area contributed by atoms with Crippen LogP contribution in [0.15, 0.2) is 34.7 Å². The summed E-state index contributed by atoms with van der Waals surface area (Å²) in [6.07, 6.45) is 3.73. The first-order valence-electron chi connectivity index (χ1n) is 5.91. The number of hydrogen-bond donors (Lipinski definition) is 0. The zero-order chi connectivity index (χ0) is 11.8. The fourth-order valence-corrected chi connectivity index (χ4v) is 4.19. The molecule has 0 radical (unpaired) electrons. The lowest BCUT2D eigenvalue weighted by molar-refractivity contribution is -0.116. The van der Waals surface area contributed by atoms with Crippen LogP contribution in [0.2, 0.25) is 5.02 Å². The number of Topliss-reactive ketones (excluding diaryl/α,β-unsaturated/α-hetero) is 1. The number of ketones is 1. The number of allylic oxidation sites excluding steroid dienone is 2. The number of carbonyl (C=O) groups is 1. The monoisotopic (exact) mass is 264 g/mol. The number of benzene rings is 1. The van der Waals surface area contributed by atoms with Gasteiger partial charge in [0, 0.05) is 22.3 Å². The highest BCUT2D eigenvalue weighted by Gasteiger charge is 2.31. The standard InChI is InChI=1S/C14H13ClOS/c15-10-4-1-3-9(7-10)14-8-11-12(16)5-2-6-13(11)17-14/h1,3-4,7,14H,2,5-6,8H2. The molecule has 0 saturated heterocycles. The van der Waals surface area contributed by atoms with Crippen molar-refractivity contribution in [1.82, 2.24) is 0 Å². The quantitative estimate of drug-likeness (QED) is 0.742. The van der Waals surface area contributed by atoms with Crippen LogP contribution in [0.4, 0.5) is 0 Å². The first kappa shape index (κ1) is 11.4. The summed E-state index contributed by atoms with van der Waals surface area (Å²) < 4.78 is 0. The summed E-state index contributed by atoms with van der Waals surface area (Å²) in [5.74, 6) is 0.364. The van der Waals surface area contributed by atoms with Crippen molar-refractivity contribution >= 4 is 29.1 Å². The highest BCUT2D eigenvalue weighted by atomic mass is 35.5. The second kappa shape index (κ2) is 4.51. The molecule has 0 fully saturated rings. The maximum absolute atomic E-state index is 11.8. The maximum Gasteiger partial charge on any atom is 0.159 e. The van der Waals surface area contributed by atoms with Gasteiger partial charge in [0.15, 0.2) is 5.78 Å². The van der Waals surface area contributed by atoms with Crippen LogP contribution in [-0.4, -0.2) is 5.78 Å². The molecule has 2 aliphatic rings. The first-order valence-corrected chi connectivity index (χ1v) is 7.17. The minimum Gasteiger partial charge on any atom is -0.295 e. The molecule has 88 valence electrons. The van der Waals surface area contributed by atoms with Gasteiger partial charge in [-0.15, -0.1) is 11.8 Å². The fraction of sp³-hybridized carbons (Fsp3) is 0.357. The van der Waals surface area contributed by atoms with Crippen molar-refractivity contribution in [2.24, 2.45) is 0 Å². The van der Waals surface area contributed by atoms with E-state index in [4.69, 9.17) is 11.6 Å². The molecule has 1 aromatic rings. The molecule has 0 amide bonds. The zero-order valence-electron chi connectivity index (χ0n) is 9.41. The predicted octanol–water partition coefficient (Wildman–Crippen LogP) is 4.53. The molecule has 3 rings (SSSR count). The third-order valence-electron chi connectivity index (χ3n) is 3.38. The van der Waals surface area contributed by atoms with E-state index in [0.29, 0.717) is 11.0 Å². The number of halogens is 1. The van der Waals surface area contributed by atoms with Crippen molar-refractivity contribution in [3.8, 4) is 0 Å². The van der Waals surface area contributed by atoms with E-state index < -0.39 is 0 Å². The van der Waals surface area contributed by atoms with Gasteiger partial charge in [0.2, 0.25) is 0 Å². The Kier molecular flexibility index (Phi) is 3.01. The molecule has 0 aromatic heterocycles. The molecule has 1 aliphatic heterocycles. The topological polar surface area (TPSA) is 17.1 Å². The second-order valence-corrected chi connectivity index (χ2v) is 6.28. The van der Waals surface area contributed by atoms with Crippen LogP contribution in [0.1, 0.15) is 36.5 Å². The predicted molar refractivity (Wildman–Crippen MR) is 72.3 cm³/mol. The molecule has 17 heavy (non-hydrogen) atoms. The van der Waals surface area contributed by atoms with E-state index in [9.17, 15) is 4.79 Å². The van der Waals surface area contributed by atoms with E-state index in [0.717, 1.165) is 36.3 Å². The summed E-state index contributed by atoms with van der Waals surface area (Å²) in [5.41, 5.74) is 2.33. The summed E-state index contributed by atoms with van der Waals surface area (Å²) in [6, 6.07) is 8.00. The maximum atomic E-state index is 11.8. The van der Waals surface area contributed by atoms with Crippen LogP contribution in [0, 0.1) is 0 Å². The largest absolute Gasteiger partial charge is 0.295 e. The SMILES string of the molecule is O=C1CCCC2=C1CC(c1cccc(Cl)c1)S2. The number of rotatable bonds is 1. The Hall–Kier alpha value is -0.730. The summed E-state index contributed by atoms with van der Waals surface area (Å²) in [7, 11) is 0. The molecule has 1 aliphatic carbocycles. The molecule has 1 nitrogen and oxygen atoms in total. The molecule has 0 spiro atoms. The molecule has 0 N–H and O–H groups in total. The van der Waals surface area contributed by atoms with Crippen molar-refractivity contribution in [2.75, 3.05) is 0 Å². The Balaban J connectivity index is 1.85. The van der Waals surface area contributed by atoms with Crippen molar-refractivity contribution in [3.05, 3.63) is 45.3 Å². The van der Waals surface area contributed by atoms with Crippen molar-refractivity contribution in [3.63, 3.8) is 0 Å². The lowest BCUT2D eigenvalue weighted by Gasteiger charge is -2.10. The van der Waals surface area contributed by atoms with Crippen LogP contribution in [0.3, 0.4) is 0 Å². The summed E-state index contributed by atoms with van der Waals surface area (Å²) in [4.78, 5) is 13.1. The van der Waals surface area contributed by atoms with Gasteiger partial charge in [-0.3, -0.25) is 4.79 Å². The van der Waals surface area contributed by atoms with E-state index >= 15 is 0 Å². The Morgan fingerprint density at radius 1 is 1.29 bits per heavy atom. The van der Waals surface area contributed by atoms with E-state index in [2.05, 4.69) is 6.07 Å². The van der Waals surface area contributed by atoms with E-state index in [1.54, 1.807) is 0 Å². The van der Waals surface area contributed by atoms with Crippen LogP contribution in [-0.2, 0) is 4.79 Å². The first-order chi connectivity index (χ1) is 8.24. The van der Waals surface area contributed by atoms with Gasteiger partial charge in [-0.05, 0) is 41.9 Å². The van der Waals surface area contributed by atoms with Gasteiger partial charge in [0.25, 0.3) is 0 Å². The lowest BCUT2D eigenvalue weighted by atomic mass is 9.93. The Labute approximate surface area is 110 Å². The fourth-order valence-electron chi connectivity index (χ4n) is 2.52. The third kappa shape index (κ3) is 2.16. The molecule has 1 atom stereocenters. The summed E-state index contributed by atoms with van der Waals surface area (Å²) in [5, 5.41) is 1.17. The molecule has 1 heterocycles. The number of carbonyl (C=O) groups excluding carboxylic acids is 1. The Morgan fingerprint density at radius 3 is 2.94 bits per heavy atom. The molecule has 1 aromatic carbocycles. The Bertz CT molecular complexity index is 507. The van der Waals surface area contributed by atoms with Gasteiger partial charge in [0.1, 0.15) is 0 Å². The van der Waals surface area contributed by atoms with E-state index in [1.807, 2.05) is 30.0 Å². The average Bonchev–Trinajstić information content (AvgIpc) is 2.74. The van der Waals surface area contributed by atoms with Crippen LogP contribution < -0.4 is 0 Å². The highest BCUT2D eigenvalue weighted by Crippen LogP contribution is 2.51. The van der Waals surface area contributed by atoms with Gasteiger partial charge in [0.05, 0.1) is 0 Å². The second-order valence-electron chi connectivity index (χ2n) is 4.54. The van der Waals surface area contributed by atoms with Crippen LogP contribution in [0.25, 0.3) is 0 Å². The Morgan fingerprint density at radius 2 is 2.18 bits per heavy atom. The van der Waals surface area contributed by atoms with Gasteiger partial charge >= 0.3 is 0 Å². The van der Waals surface area contributed by atoms with Gasteiger partial charge < -0.3 is 0 Å². The molecule has 1 unspecified atom stereocenters. The minimum absolute atomic E-state index is 0.364. The van der Waals surface area contributed by atoms with E-state index in [1.165, 1.54) is 10.5 Å². The lowest BCUT2D eigenvalue weighted by Crippen LogP contribution is -2.07. The number of thioether (sulfide) groups is 1. The zero-order valence-corrected chi connectivity index (χ0v) is 11.0.